The van der Waals surface area contributed by atoms with Crippen molar-refractivity contribution in [1.82, 2.24) is 0 Å². The second-order valence-electron chi connectivity index (χ2n) is 7.89. The summed E-state index contributed by atoms with van der Waals surface area (Å²) in [6.45, 7) is 0. The Labute approximate surface area is 199 Å². The van der Waals surface area contributed by atoms with E-state index >= 15 is 35.1 Å². The molecule has 0 nitrogen and oxygen atoms in total. The third kappa shape index (κ3) is 3.75. The van der Waals surface area contributed by atoms with E-state index in [0.29, 0.717) is 0 Å². The van der Waals surface area contributed by atoms with Crippen molar-refractivity contribution in [2.45, 2.75) is 0 Å². The summed E-state index contributed by atoms with van der Waals surface area (Å²) in [6.07, 6.45) is -5.46. The Kier molecular flexibility index (Phi) is 6.51. The lowest BCUT2D eigenvalue weighted by atomic mass is 9.12. The van der Waals surface area contributed by atoms with E-state index in [1.807, 2.05) is 0 Å². The van der Waals surface area contributed by atoms with Crippen molar-refractivity contribution in [3.63, 3.8) is 0 Å². The molecule has 0 saturated carbocycles. The van der Waals surface area contributed by atoms with Crippen LogP contribution in [0.15, 0.2) is 48.5 Å². The van der Waals surface area contributed by atoms with Gasteiger partial charge in [-0.2, -0.15) is 0 Å². The molecule has 4 aromatic rings. The Hall–Kier alpha value is -3.90. The van der Waals surface area contributed by atoms with E-state index in [0.717, 1.165) is 0 Å². The molecule has 0 aliphatic carbocycles. The summed E-state index contributed by atoms with van der Waals surface area (Å²) in [7, 11) is 0. The van der Waals surface area contributed by atoms with Crippen LogP contribution >= 0.6 is 0 Å². The molecule has 0 amide bonds. The molecule has 4 rings (SSSR count). The van der Waals surface area contributed by atoms with Gasteiger partial charge in [0.15, 0.2) is 23.3 Å². The van der Waals surface area contributed by atoms with Crippen LogP contribution < -0.4 is 21.9 Å². The lowest BCUT2D eigenvalue weighted by Gasteiger charge is -2.44. The molecule has 0 aliphatic heterocycles. The molecule has 0 fully saturated rings. The topological polar surface area (TPSA) is 0 Å². The van der Waals surface area contributed by atoms with E-state index in [4.69, 9.17) is 0 Å². The van der Waals surface area contributed by atoms with Gasteiger partial charge in [-0.05, 0) is 48.5 Å². The fourth-order valence-electron chi connectivity index (χ4n) is 4.62. The SMILES string of the molecule is Fc1ccc(F)c([B-](c2c(F)ccc(F)c2F)(c2c(F)ccc(F)c2F)c2c(F)ccc(F)c2F)c1F. The quantitative estimate of drug-likeness (QED) is 0.202. The van der Waals surface area contributed by atoms with Crippen LogP contribution in [0.1, 0.15) is 0 Å². The fraction of sp³-hybridized carbons (Fsp3) is 0. The van der Waals surface area contributed by atoms with Crippen LogP contribution in [-0.2, 0) is 0 Å². The van der Waals surface area contributed by atoms with Crippen LogP contribution in [0.5, 0.6) is 0 Å². The predicted octanol–water partition coefficient (Wildman–Crippen LogP) is 4.73. The molecule has 192 valence electrons. The lowest BCUT2D eigenvalue weighted by molar-refractivity contribution is 0.493. The minimum Gasteiger partial charge on any atom is -0.210 e. The number of halogens is 12. The zero-order chi connectivity index (χ0) is 27.4. The molecular formula is C24H8BF12-. The average molecular weight is 535 g/mol. The van der Waals surface area contributed by atoms with Gasteiger partial charge in [0.05, 0.1) is 23.3 Å². The van der Waals surface area contributed by atoms with Gasteiger partial charge >= 0.3 is 0 Å². The maximum Gasteiger partial charge on any atom is 0.155 e. The highest BCUT2D eigenvalue weighted by molar-refractivity contribution is 7.20. The van der Waals surface area contributed by atoms with E-state index in [2.05, 4.69) is 0 Å². The van der Waals surface area contributed by atoms with E-state index in [-0.39, 0.29) is 48.5 Å². The molecule has 4 aromatic carbocycles. The molecule has 0 N–H and O–H groups in total. The zero-order valence-corrected chi connectivity index (χ0v) is 17.7. The molecular weight excluding hydrogens is 527 g/mol. The van der Waals surface area contributed by atoms with Crippen molar-refractivity contribution < 1.29 is 52.7 Å². The van der Waals surface area contributed by atoms with Crippen molar-refractivity contribution >= 4 is 28.0 Å². The first-order valence-electron chi connectivity index (χ1n) is 10.1. The second-order valence-corrected chi connectivity index (χ2v) is 7.89. The first-order valence-corrected chi connectivity index (χ1v) is 10.1. The Morgan fingerprint density at radius 1 is 0.270 bits per heavy atom. The van der Waals surface area contributed by atoms with Gasteiger partial charge in [0.1, 0.15) is 29.4 Å². The molecule has 0 saturated heterocycles. The molecule has 0 radical (unpaired) electrons. The molecule has 0 aromatic heterocycles. The Balaban J connectivity index is 2.53. The van der Waals surface area contributed by atoms with Gasteiger partial charge in [0, 0.05) is 0 Å². The number of hydrogen-bond acceptors (Lipinski definition) is 0. The molecule has 13 heteroatoms. The summed E-state index contributed by atoms with van der Waals surface area (Å²) >= 11 is 0. The van der Waals surface area contributed by atoms with Gasteiger partial charge in [-0.25, -0.2) is 52.7 Å². The van der Waals surface area contributed by atoms with Gasteiger partial charge in [0.2, 0.25) is 0 Å². The van der Waals surface area contributed by atoms with Crippen LogP contribution in [0.3, 0.4) is 0 Å². The molecule has 0 spiro atoms. The Bertz CT molecular complexity index is 1330. The monoisotopic (exact) mass is 535 g/mol. The van der Waals surface area contributed by atoms with Crippen molar-refractivity contribution in [3.8, 4) is 0 Å². The number of benzene rings is 4. The standard InChI is InChI=1S/C24H8BF12/c26-9-1-5-13(30)21(34)17(9)25(18-10(27)2-6-14(31)22(18)35,19-11(28)3-7-15(32)23(19)36)20-12(29)4-8-16(33)24(20)37/h1-8H/q-1. The molecule has 0 atom stereocenters. The summed E-state index contributed by atoms with van der Waals surface area (Å²) < 4.78 is 180. The lowest BCUT2D eigenvalue weighted by Crippen LogP contribution is -2.80. The minimum atomic E-state index is -5.46. The number of rotatable bonds is 4. The average Bonchev–Trinajstić information content (AvgIpc) is 2.84. The first kappa shape index (κ1) is 26.2. The summed E-state index contributed by atoms with van der Waals surface area (Å²) in [5.41, 5.74) is -8.57. The first-order chi connectivity index (χ1) is 17.3. The van der Waals surface area contributed by atoms with E-state index in [1.165, 1.54) is 0 Å². The summed E-state index contributed by atoms with van der Waals surface area (Å²) in [4.78, 5) is 0. The van der Waals surface area contributed by atoms with Crippen LogP contribution in [0, 0.1) is 69.8 Å². The number of hydrogen-bond donors (Lipinski definition) is 0. The van der Waals surface area contributed by atoms with Gasteiger partial charge in [-0.15, -0.1) is 21.9 Å². The molecule has 0 bridgehead atoms. The molecule has 0 unspecified atom stereocenters. The maximum absolute atomic E-state index is 15.3. The van der Waals surface area contributed by atoms with Gasteiger partial charge < -0.3 is 0 Å². The van der Waals surface area contributed by atoms with Crippen molar-refractivity contribution in [2.24, 2.45) is 0 Å². The van der Waals surface area contributed by atoms with E-state index < -0.39 is 97.8 Å². The van der Waals surface area contributed by atoms with Crippen molar-refractivity contribution in [1.29, 1.82) is 0 Å². The van der Waals surface area contributed by atoms with E-state index in [1.54, 1.807) is 0 Å². The smallest absolute Gasteiger partial charge is 0.155 e. The fourth-order valence-corrected chi connectivity index (χ4v) is 4.62. The predicted molar refractivity (Wildman–Crippen MR) is 110 cm³/mol. The largest absolute Gasteiger partial charge is 0.210 e. The maximum atomic E-state index is 15.3. The highest BCUT2D eigenvalue weighted by Gasteiger charge is 2.48. The normalized spacial score (nSPS) is 11.8. The highest BCUT2D eigenvalue weighted by Crippen LogP contribution is 2.24. The highest BCUT2D eigenvalue weighted by atomic mass is 19.2. The summed E-state index contributed by atoms with van der Waals surface area (Å²) in [5, 5.41) is 0. The summed E-state index contributed by atoms with van der Waals surface area (Å²) in [6, 6.07) is 0.641. The molecule has 0 aliphatic rings. The van der Waals surface area contributed by atoms with Crippen LogP contribution in [0.4, 0.5) is 52.7 Å². The Morgan fingerprint density at radius 3 is 0.622 bits per heavy atom. The van der Waals surface area contributed by atoms with Crippen LogP contribution in [-0.4, -0.2) is 6.15 Å². The summed E-state index contributed by atoms with van der Waals surface area (Å²) in [5.74, 6) is -26.6. The van der Waals surface area contributed by atoms with Crippen LogP contribution in [0.25, 0.3) is 0 Å². The molecule has 0 heterocycles. The van der Waals surface area contributed by atoms with Gasteiger partial charge in [-0.1, -0.05) is 0 Å². The Morgan fingerprint density at radius 2 is 0.432 bits per heavy atom. The van der Waals surface area contributed by atoms with Crippen molar-refractivity contribution in [2.75, 3.05) is 0 Å². The van der Waals surface area contributed by atoms with Gasteiger partial charge in [-0.3, -0.25) is 0 Å². The van der Waals surface area contributed by atoms with Crippen LogP contribution in [0.2, 0.25) is 0 Å². The third-order valence-corrected chi connectivity index (χ3v) is 6.05. The minimum absolute atomic E-state index is 0.0591. The van der Waals surface area contributed by atoms with Gasteiger partial charge in [0.25, 0.3) is 0 Å². The van der Waals surface area contributed by atoms with Crippen molar-refractivity contribution in [3.05, 3.63) is 118 Å². The third-order valence-electron chi connectivity index (χ3n) is 6.05. The molecule has 37 heavy (non-hydrogen) atoms. The van der Waals surface area contributed by atoms with E-state index in [9.17, 15) is 17.6 Å². The zero-order valence-electron chi connectivity index (χ0n) is 17.7. The second kappa shape index (κ2) is 9.20.